The number of rotatable bonds is 6. The van der Waals surface area contributed by atoms with Crippen molar-refractivity contribution in [2.75, 3.05) is 7.11 Å². The van der Waals surface area contributed by atoms with Crippen LogP contribution in [0, 0.1) is 0 Å². The van der Waals surface area contributed by atoms with Crippen LogP contribution in [0.2, 0.25) is 0 Å². The standard InChI is InChI=1S/C18H26O3/c1-21-18(20)8-3-2-5-14-9-11-15(12-10-14)16-6-4-7-17(19)13-16/h9-12,16-17,19H,2-8,13H2,1H3/t16-,17-/m1/s1. The predicted octanol–water partition coefficient (Wildman–Crippen LogP) is 3.59. The van der Waals surface area contributed by atoms with E-state index < -0.39 is 0 Å². The number of aryl methyl sites for hydroxylation is 1. The Labute approximate surface area is 127 Å². The fourth-order valence-corrected chi connectivity index (χ4v) is 3.12. The van der Waals surface area contributed by atoms with Gasteiger partial charge in [-0.05, 0) is 55.6 Å². The molecule has 2 atom stereocenters. The van der Waals surface area contributed by atoms with Gasteiger partial charge in [-0.25, -0.2) is 0 Å². The van der Waals surface area contributed by atoms with Gasteiger partial charge in [-0.3, -0.25) is 4.79 Å². The third-order valence-corrected chi connectivity index (χ3v) is 4.42. The maximum absolute atomic E-state index is 11.0. The fraction of sp³-hybridized carbons (Fsp3) is 0.611. The van der Waals surface area contributed by atoms with E-state index in [2.05, 4.69) is 29.0 Å². The second-order valence-electron chi connectivity index (χ2n) is 6.04. The molecule has 0 saturated heterocycles. The maximum atomic E-state index is 11.0. The van der Waals surface area contributed by atoms with Crippen molar-refractivity contribution in [2.45, 2.75) is 63.4 Å². The number of unbranched alkanes of at least 4 members (excludes halogenated alkanes) is 1. The van der Waals surface area contributed by atoms with Crippen molar-refractivity contribution in [3.8, 4) is 0 Å². The van der Waals surface area contributed by atoms with Crippen molar-refractivity contribution >= 4 is 5.97 Å². The highest BCUT2D eigenvalue weighted by molar-refractivity contribution is 5.68. The number of esters is 1. The largest absolute Gasteiger partial charge is 0.469 e. The lowest BCUT2D eigenvalue weighted by atomic mass is 9.82. The van der Waals surface area contributed by atoms with Crippen LogP contribution in [0.5, 0.6) is 0 Å². The lowest BCUT2D eigenvalue weighted by Crippen LogP contribution is -2.18. The van der Waals surface area contributed by atoms with E-state index in [-0.39, 0.29) is 12.1 Å². The number of carbonyl (C=O) groups excluding carboxylic acids is 1. The van der Waals surface area contributed by atoms with Crippen LogP contribution in [-0.4, -0.2) is 24.3 Å². The van der Waals surface area contributed by atoms with Crippen LogP contribution in [0.4, 0.5) is 0 Å². The Morgan fingerprint density at radius 2 is 2.00 bits per heavy atom. The van der Waals surface area contributed by atoms with Crippen LogP contribution in [0.15, 0.2) is 24.3 Å². The molecule has 0 radical (unpaired) electrons. The quantitative estimate of drug-likeness (QED) is 0.643. The summed E-state index contributed by atoms with van der Waals surface area (Å²) in [4.78, 5) is 11.0. The summed E-state index contributed by atoms with van der Waals surface area (Å²) >= 11 is 0. The second-order valence-corrected chi connectivity index (χ2v) is 6.04. The maximum Gasteiger partial charge on any atom is 0.305 e. The number of carbonyl (C=O) groups is 1. The number of benzene rings is 1. The molecule has 0 bridgehead atoms. The van der Waals surface area contributed by atoms with Crippen molar-refractivity contribution in [1.82, 2.24) is 0 Å². The van der Waals surface area contributed by atoms with E-state index in [0.29, 0.717) is 12.3 Å². The zero-order valence-corrected chi connectivity index (χ0v) is 12.9. The van der Waals surface area contributed by atoms with Crippen molar-refractivity contribution < 1.29 is 14.6 Å². The number of ether oxygens (including phenoxy) is 1. The summed E-state index contributed by atoms with van der Waals surface area (Å²) in [5, 5.41) is 9.77. The summed E-state index contributed by atoms with van der Waals surface area (Å²) in [5.41, 5.74) is 2.67. The molecular weight excluding hydrogens is 264 g/mol. The molecule has 0 aliphatic heterocycles. The zero-order chi connectivity index (χ0) is 15.1. The smallest absolute Gasteiger partial charge is 0.305 e. The molecule has 1 saturated carbocycles. The topological polar surface area (TPSA) is 46.5 Å². The van der Waals surface area contributed by atoms with E-state index >= 15 is 0 Å². The lowest BCUT2D eigenvalue weighted by molar-refractivity contribution is -0.140. The molecule has 0 amide bonds. The summed E-state index contributed by atoms with van der Waals surface area (Å²) in [6, 6.07) is 8.79. The molecule has 3 heteroatoms. The summed E-state index contributed by atoms with van der Waals surface area (Å²) < 4.78 is 4.63. The van der Waals surface area contributed by atoms with Gasteiger partial charge in [0, 0.05) is 6.42 Å². The van der Waals surface area contributed by atoms with Crippen molar-refractivity contribution in [3.63, 3.8) is 0 Å². The lowest BCUT2D eigenvalue weighted by Gasteiger charge is -2.26. The first-order chi connectivity index (χ1) is 10.2. The van der Waals surface area contributed by atoms with Gasteiger partial charge in [0.2, 0.25) is 0 Å². The summed E-state index contributed by atoms with van der Waals surface area (Å²) in [5.74, 6) is 0.392. The van der Waals surface area contributed by atoms with E-state index in [9.17, 15) is 9.90 Å². The van der Waals surface area contributed by atoms with Gasteiger partial charge in [0.05, 0.1) is 13.2 Å². The molecular formula is C18H26O3. The van der Waals surface area contributed by atoms with Crippen LogP contribution in [0.25, 0.3) is 0 Å². The van der Waals surface area contributed by atoms with Gasteiger partial charge in [0.15, 0.2) is 0 Å². The highest BCUT2D eigenvalue weighted by Crippen LogP contribution is 2.32. The van der Waals surface area contributed by atoms with E-state index in [4.69, 9.17) is 0 Å². The predicted molar refractivity (Wildman–Crippen MR) is 83.2 cm³/mol. The molecule has 0 aromatic heterocycles. The molecule has 1 aromatic carbocycles. The van der Waals surface area contributed by atoms with Crippen LogP contribution in [0.3, 0.4) is 0 Å². The Morgan fingerprint density at radius 1 is 1.24 bits per heavy atom. The van der Waals surface area contributed by atoms with E-state index in [0.717, 1.165) is 38.5 Å². The monoisotopic (exact) mass is 290 g/mol. The Morgan fingerprint density at radius 3 is 2.67 bits per heavy atom. The van der Waals surface area contributed by atoms with Gasteiger partial charge in [0.25, 0.3) is 0 Å². The molecule has 21 heavy (non-hydrogen) atoms. The molecule has 1 aliphatic rings. The highest BCUT2D eigenvalue weighted by Gasteiger charge is 2.21. The van der Waals surface area contributed by atoms with Crippen LogP contribution in [0.1, 0.15) is 62.0 Å². The van der Waals surface area contributed by atoms with Gasteiger partial charge in [-0.15, -0.1) is 0 Å². The second kappa shape index (κ2) is 8.18. The average Bonchev–Trinajstić information content (AvgIpc) is 2.52. The van der Waals surface area contributed by atoms with Gasteiger partial charge in [0.1, 0.15) is 0 Å². The van der Waals surface area contributed by atoms with Gasteiger partial charge < -0.3 is 9.84 Å². The molecule has 0 heterocycles. The van der Waals surface area contributed by atoms with Crippen LogP contribution in [-0.2, 0) is 16.0 Å². The molecule has 0 unspecified atom stereocenters. The summed E-state index contributed by atoms with van der Waals surface area (Å²) in [6.45, 7) is 0. The summed E-state index contributed by atoms with van der Waals surface area (Å²) in [6.07, 6.45) is 7.45. The first-order valence-corrected chi connectivity index (χ1v) is 8.02. The van der Waals surface area contributed by atoms with Gasteiger partial charge in [-0.2, -0.15) is 0 Å². The molecule has 3 nitrogen and oxygen atoms in total. The number of hydrogen-bond donors (Lipinski definition) is 1. The number of aliphatic hydroxyl groups is 1. The minimum Gasteiger partial charge on any atom is -0.469 e. The molecule has 0 spiro atoms. The van der Waals surface area contributed by atoms with E-state index in [1.165, 1.54) is 24.7 Å². The van der Waals surface area contributed by atoms with Crippen LogP contribution < -0.4 is 0 Å². The van der Waals surface area contributed by atoms with E-state index in [1.54, 1.807) is 0 Å². The Bertz CT molecular complexity index is 438. The van der Waals surface area contributed by atoms with Crippen molar-refractivity contribution in [2.24, 2.45) is 0 Å². The molecule has 2 rings (SSSR count). The zero-order valence-electron chi connectivity index (χ0n) is 12.9. The molecule has 1 fully saturated rings. The van der Waals surface area contributed by atoms with Gasteiger partial charge >= 0.3 is 5.97 Å². The highest BCUT2D eigenvalue weighted by atomic mass is 16.5. The third kappa shape index (κ3) is 5.16. The first-order valence-electron chi connectivity index (χ1n) is 8.02. The molecule has 1 aromatic rings. The Kier molecular flexibility index (Phi) is 6.24. The first kappa shape index (κ1) is 16.0. The van der Waals surface area contributed by atoms with Crippen LogP contribution >= 0.6 is 0 Å². The molecule has 1 aliphatic carbocycles. The molecule has 1 N–H and O–H groups in total. The minimum absolute atomic E-state index is 0.123. The average molecular weight is 290 g/mol. The molecule has 116 valence electrons. The normalized spacial score (nSPS) is 22.0. The van der Waals surface area contributed by atoms with E-state index in [1.807, 2.05) is 0 Å². The number of methoxy groups -OCH3 is 1. The summed E-state index contributed by atoms with van der Waals surface area (Å²) in [7, 11) is 1.43. The minimum atomic E-state index is -0.124. The van der Waals surface area contributed by atoms with Crippen molar-refractivity contribution in [1.29, 1.82) is 0 Å². The SMILES string of the molecule is COC(=O)CCCCc1ccc([C@@H]2CCC[C@@H](O)C2)cc1. The number of hydrogen-bond acceptors (Lipinski definition) is 3. The Balaban J connectivity index is 1.77. The van der Waals surface area contributed by atoms with Gasteiger partial charge in [-0.1, -0.05) is 30.7 Å². The fourth-order valence-electron chi connectivity index (χ4n) is 3.12. The third-order valence-electron chi connectivity index (χ3n) is 4.42. The Hall–Kier alpha value is -1.35. The number of aliphatic hydroxyl groups excluding tert-OH is 1. The van der Waals surface area contributed by atoms with Crippen molar-refractivity contribution in [3.05, 3.63) is 35.4 Å².